The van der Waals surface area contributed by atoms with Gasteiger partial charge in [-0.3, -0.25) is 4.79 Å². The SMILES string of the molecule is Cl.Cl.O=C(NCC1CNC1)c1c2c(nc3ccccc13)/C(=C\c1ccco1)CCC2. The van der Waals surface area contributed by atoms with E-state index in [1.54, 1.807) is 6.26 Å². The van der Waals surface area contributed by atoms with E-state index in [2.05, 4.69) is 16.7 Å². The monoisotopic (exact) mass is 445 g/mol. The fourth-order valence-electron chi connectivity index (χ4n) is 4.10. The van der Waals surface area contributed by atoms with Gasteiger partial charge in [0.1, 0.15) is 5.76 Å². The molecule has 1 saturated heterocycles. The lowest BCUT2D eigenvalue weighted by molar-refractivity contribution is 0.0942. The van der Waals surface area contributed by atoms with Crippen LogP contribution in [0.1, 0.15) is 40.2 Å². The van der Waals surface area contributed by atoms with Crippen LogP contribution in [0.2, 0.25) is 0 Å². The number of allylic oxidation sites excluding steroid dienone is 1. The summed E-state index contributed by atoms with van der Waals surface area (Å²) in [5.74, 6) is 1.37. The number of aromatic nitrogens is 1. The van der Waals surface area contributed by atoms with Gasteiger partial charge in [-0.1, -0.05) is 18.2 Å². The standard InChI is InChI=1S/C23H23N3O2.2ClH/c27-23(25-14-15-12-24-13-15)21-18-7-1-2-9-20(18)26-22-16(5-3-8-19(21)22)11-17-6-4-10-28-17;;/h1-2,4,6-7,9-11,15,24H,3,5,8,12-14H2,(H,25,27);2*1H/b16-11-;;. The average Bonchev–Trinajstić information content (AvgIpc) is 3.18. The van der Waals surface area contributed by atoms with Crippen LogP contribution in [-0.4, -0.2) is 30.5 Å². The Kier molecular flexibility index (Phi) is 7.19. The van der Waals surface area contributed by atoms with E-state index in [-0.39, 0.29) is 30.7 Å². The molecule has 0 spiro atoms. The second-order valence-corrected chi connectivity index (χ2v) is 7.60. The number of carbonyl (C=O) groups excluding carboxylic acids is 1. The fourth-order valence-corrected chi connectivity index (χ4v) is 4.10. The molecular formula is C23H25Cl2N3O2. The molecule has 1 aliphatic heterocycles. The maximum absolute atomic E-state index is 13.2. The molecule has 1 amide bonds. The Bertz CT molecular complexity index is 1060. The highest BCUT2D eigenvalue weighted by Crippen LogP contribution is 2.36. The van der Waals surface area contributed by atoms with Crippen LogP contribution in [0.3, 0.4) is 0 Å². The van der Waals surface area contributed by atoms with Crippen LogP contribution in [-0.2, 0) is 6.42 Å². The van der Waals surface area contributed by atoms with Crippen molar-refractivity contribution in [1.29, 1.82) is 0 Å². The predicted octanol–water partition coefficient (Wildman–Crippen LogP) is 4.50. The molecule has 0 radical (unpaired) electrons. The largest absolute Gasteiger partial charge is 0.465 e. The molecule has 1 aromatic carbocycles. The van der Waals surface area contributed by atoms with Crippen molar-refractivity contribution in [1.82, 2.24) is 15.6 Å². The number of rotatable bonds is 4. The molecule has 0 bridgehead atoms. The lowest BCUT2D eigenvalue weighted by Gasteiger charge is -2.28. The van der Waals surface area contributed by atoms with Crippen molar-refractivity contribution < 1.29 is 9.21 Å². The van der Waals surface area contributed by atoms with E-state index >= 15 is 0 Å². The fraction of sp³-hybridized carbons (Fsp3) is 0.304. The second kappa shape index (κ2) is 9.65. The third-order valence-electron chi connectivity index (χ3n) is 5.67. The highest BCUT2D eigenvalue weighted by Gasteiger charge is 2.26. The Hall–Kier alpha value is -2.34. The van der Waals surface area contributed by atoms with E-state index in [4.69, 9.17) is 9.40 Å². The molecule has 2 aromatic heterocycles. The van der Waals surface area contributed by atoms with Crippen molar-refractivity contribution in [2.45, 2.75) is 19.3 Å². The number of para-hydroxylation sites is 1. The van der Waals surface area contributed by atoms with Crippen molar-refractivity contribution in [3.8, 4) is 0 Å². The lowest BCUT2D eigenvalue weighted by atomic mass is 9.86. The van der Waals surface area contributed by atoms with Crippen LogP contribution < -0.4 is 10.6 Å². The summed E-state index contributed by atoms with van der Waals surface area (Å²) in [4.78, 5) is 18.1. The van der Waals surface area contributed by atoms with Crippen molar-refractivity contribution in [2.75, 3.05) is 19.6 Å². The van der Waals surface area contributed by atoms with Crippen LogP contribution in [0.5, 0.6) is 0 Å². The Morgan fingerprint density at radius 2 is 2.00 bits per heavy atom. The van der Waals surface area contributed by atoms with Gasteiger partial charge in [0.15, 0.2) is 0 Å². The van der Waals surface area contributed by atoms with E-state index in [0.717, 1.165) is 71.4 Å². The number of hydrogen-bond acceptors (Lipinski definition) is 4. The van der Waals surface area contributed by atoms with Crippen LogP contribution in [0.25, 0.3) is 22.6 Å². The number of carbonyl (C=O) groups is 1. The summed E-state index contributed by atoms with van der Waals surface area (Å²) in [5.41, 5.74) is 4.80. The molecule has 2 aliphatic rings. The summed E-state index contributed by atoms with van der Waals surface area (Å²) in [7, 11) is 0. The van der Waals surface area contributed by atoms with E-state index in [9.17, 15) is 4.79 Å². The van der Waals surface area contributed by atoms with Crippen LogP contribution in [0, 0.1) is 5.92 Å². The second-order valence-electron chi connectivity index (χ2n) is 7.60. The van der Waals surface area contributed by atoms with Gasteiger partial charge in [0, 0.05) is 30.9 Å². The summed E-state index contributed by atoms with van der Waals surface area (Å²) < 4.78 is 5.51. The van der Waals surface area contributed by atoms with Gasteiger partial charge in [0.05, 0.1) is 23.0 Å². The zero-order valence-corrected chi connectivity index (χ0v) is 18.2. The number of amides is 1. The maximum Gasteiger partial charge on any atom is 0.252 e. The summed E-state index contributed by atoms with van der Waals surface area (Å²) >= 11 is 0. The summed E-state index contributed by atoms with van der Waals surface area (Å²) in [5, 5.41) is 7.35. The van der Waals surface area contributed by atoms with Gasteiger partial charge in [-0.05, 0) is 54.7 Å². The first kappa shape index (κ1) is 22.3. The van der Waals surface area contributed by atoms with Gasteiger partial charge in [0.25, 0.3) is 5.91 Å². The first-order chi connectivity index (χ1) is 13.8. The lowest BCUT2D eigenvalue weighted by Crippen LogP contribution is -2.48. The molecule has 0 unspecified atom stereocenters. The molecule has 158 valence electrons. The molecule has 0 saturated carbocycles. The Morgan fingerprint density at radius 1 is 1.17 bits per heavy atom. The smallest absolute Gasteiger partial charge is 0.252 e. The highest BCUT2D eigenvalue weighted by molar-refractivity contribution is 6.09. The van der Waals surface area contributed by atoms with Gasteiger partial charge < -0.3 is 15.1 Å². The van der Waals surface area contributed by atoms with Crippen LogP contribution in [0.15, 0.2) is 47.1 Å². The zero-order valence-electron chi connectivity index (χ0n) is 16.5. The topological polar surface area (TPSA) is 67.2 Å². The van der Waals surface area contributed by atoms with Gasteiger partial charge in [-0.15, -0.1) is 24.8 Å². The molecule has 2 N–H and O–H groups in total. The first-order valence-electron chi connectivity index (χ1n) is 9.94. The van der Waals surface area contributed by atoms with Gasteiger partial charge >= 0.3 is 0 Å². The third-order valence-corrected chi connectivity index (χ3v) is 5.67. The number of nitrogens with zero attached hydrogens (tertiary/aromatic N) is 1. The first-order valence-corrected chi connectivity index (χ1v) is 9.94. The average molecular weight is 446 g/mol. The number of nitrogens with one attached hydrogen (secondary N) is 2. The molecule has 3 heterocycles. The number of fused-ring (bicyclic) bond motifs is 2. The summed E-state index contributed by atoms with van der Waals surface area (Å²) in [6, 6.07) is 11.8. The number of furan rings is 1. The van der Waals surface area contributed by atoms with Crippen molar-refractivity contribution >= 4 is 53.3 Å². The highest BCUT2D eigenvalue weighted by atomic mass is 35.5. The third kappa shape index (κ3) is 4.24. The van der Waals surface area contributed by atoms with Crippen molar-refractivity contribution in [2.24, 2.45) is 5.92 Å². The van der Waals surface area contributed by atoms with E-state index in [1.807, 2.05) is 36.4 Å². The van der Waals surface area contributed by atoms with E-state index < -0.39 is 0 Å². The number of pyridine rings is 1. The molecule has 5 rings (SSSR count). The Balaban J connectivity index is 0.00000128. The zero-order chi connectivity index (χ0) is 18.9. The predicted molar refractivity (Wildman–Crippen MR) is 124 cm³/mol. The normalized spacial score (nSPS) is 16.9. The number of benzene rings is 1. The number of halogens is 2. The van der Waals surface area contributed by atoms with Crippen LogP contribution in [0.4, 0.5) is 0 Å². The van der Waals surface area contributed by atoms with Crippen molar-refractivity contribution in [3.63, 3.8) is 0 Å². The minimum Gasteiger partial charge on any atom is -0.465 e. The molecule has 7 heteroatoms. The minimum absolute atomic E-state index is 0. The molecule has 3 aromatic rings. The summed E-state index contributed by atoms with van der Waals surface area (Å²) in [6.07, 6.45) is 6.55. The molecule has 30 heavy (non-hydrogen) atoms. The van der Waals surface area contributed by atoms with E-state index in [1.165, 1.54) is 0 Å². The molecule has 1 fully saturated rings. The summed E-state index contributed by atoms with van der Waals surface area (Å²) in [6.45, 7) is 2.67. The quantitative estimate of drug-likeness (QED) is 0.620. The van der Waals surface area contributed by atoms with Gasteiger partial charge in [-0.2, -0.15) is 0 Å². The Morgan fingerprint density at radius 3 is 2.73 bits per heavy atom. The molecule has 1 aliphatic carbocycles. The Labute approximate surface area is 188 Å². The molecule has 5 nitrogen and oxygen atoms in total. The minimum atomic E-state index is 0. The van der Waals surface area contributed by atoms with Gasteiger partial charge in [-0.25, -0.2) is 4.98 Å². The number of hydrogen-bond donors (Lipinski definition) is 2. The molecule has 0 atom stereocenters. The van der Waals surface area contributed by atoms with Crippen LogP contribution >= 0.6 is 24.8 Å². The van der Waals surface area contributed by atoms with Gasteiger partial charge in [0.2, 0.25) is 0 Å². The maximum atomic E-state index is 13.2. The van der Waals surface area contributed by atoms with E-state index in [0.29, 0.717) is 12.5 Å². The van der Waals surface area contributed by atoms with Crippen molar-refractivity contribution in [3.05, 3.63) is 65.2 Å². The molecular weight excluding hydrogens is 421 g/mol.